The Morgan fingerprint density at radius 3 is 2.61 bits per heavy atom. The zero-order chi connectivity index (χ0) is 16.1. The molecule has 3 rings (SSSR count). The van der Waals surface area contributed by atoms with Crippen molar-refractivity contribution in [3.05, 3.63) is 47.6 Å². The summed E-state index contributed by atoms with van der Waals surface area (Å²) in [4.78, 5) is 15.5. The number of carbonyl (C=O) groups excluding carboxylic acids is 1. The molecule has 5 nitrogen and oxygen atoms in total. The third kappa shape index (κ3) is 4.86. The van der Waals surface area contributed by atoms with Crippen molar-refractivity contribution in [3.8, 4) is 17.4 Å². The van der Waals surface area contributed by atoms with Gasteiger partial charge < -0.3 is 14.8 Å². The zero-order valence-corrected chi connectivity index (χ0v) is 13.3. The maximum absolute atomic E-state index is 11.5. The van der Waals surface area contributed by atoms with E-state index in [9.17, 15) is 4.79 Å². The number of hydrogen-bond acceptors (Lipinski definition) is 4. The first kappa shape index (κ1) is 15.6. The van der Waals surface area contributed by atoms with Gasteiger partial charge in [-0.25, -0.2) is 4.98 Å². The van der Waals surface area contributed by atoms with Gasteiger partial charge in [-0.3, -0.25) is 4.79 Å². The van der Waals surface area contributed by atoms with Gasteiger partial charge in [0.15, 0.2) is 0 Å². The maximum Gasteiger partial charge on any atom is 0.223 e. The van der Waals surface area contributed by atoms with Crippen LogP contribution in [0.5, 0.6) is 17.4 Å². The second-order valence-corrected chi connectivity index (χ2v) is 5.67. The van der Waals surface area contributed by atoms with E-state index in [0.717, 1.165) is 18.6 Å². The highest BCUT2D eigenvalue weighted by molar-refractivity contribution is 6.29. The van der Waals surface area contributed by atoms with Crippen molar-refractivity contribution in [3.63, 3.8) is 0 Å². The lowest BCUT2D eigenvalue weighted by molar-refractivity contribution is -0.122. The molecule has 1 saturated carbocycles. The molecule has 0 saturated heterocycles. The van der Waals surface area contributed by atoms with Crippen molar-refractivity contribution < 1.29 is 14.3 Å². The van der Waals surface area contributed by atoms with Gasteiger partial charge in [0.2, 0.25) is 11.8 Å². The number of carbonyl (C=O) groups is 1. The quantitative estimate of drug-likeness (QED) is 0.623. The van der Waals surface area contributed by atoms with Crippen molar-refractivity contribution >= 4 is 17.5 Å². The molecule has 0 unspecified atom stereocenters. The molecular formula is C17H17ClN2O3. The Kier molecular flexibility index (Phi) is 4.98. The van der Waals surface area contributed by atoms with Gasteiger partial charge in [-0.05, 0) is 43.2 Å². The summed E-state index contributed by atoms with van der Waals surface area (Å²) in [5.74, 6) is 2.16. The van der Waals surface area contributed by atoms with E-state index in [-0.39, 0.29) is 11.8 Å². The highest BCUT2D eigenvalue weighted by Gasteiger charge is 2.28. The lowest BCUT2D eigenvalue weighted by atomic mass is 10.3. The first-order valence-corrected chi connectivity index (χ1v) is 7.89. The Morgan fingerprint density at radius 2 is 1.91 bits per heavy atom. The van der Waals surface area contributed by atoms with Crippen molar-refractivity contribution in [1.29, 1.82) is 0 Å². The van der Waals surface area contributed by atoms with Crippen LogP contribution in [0, 0.1) is 5.92 Å². The van der Waals surface area contributed by atoms with Crippen LogP contribution in [-0.4, -0.2) is 24.0 Å². The van der Waals surface area contributed by atoms with Crippen LogP contribution in [0.25, 0.3) is 0 Å². The molecule has 1 aromatic heterocycles. The molecule has 23 heavy (non-hydrogen) atoms. The fourth-order valence-electron chi connectivity index (χ4n) is 2.00. The van der Waals surface area contributed by atoms with Crippen LogP contribution in [0.4, 0.5) is 0 Å². The van der Waals surface area contributed by atoms with Crippen LogP contribution < -0.4 is 14.8 Å². The van der Waals surface area contributed by atoms with Gasteiger partial charge in [-0.1, -0.05) is 17.7 Å². The van der Waals surface area contributed by atoms with Crippen LogP contribution in [0.1, 0.15) is 12.8 Å². The van der Waals surface area contributed by atoms with E-state index in [2.05, 4.69) is 10.3 Å². The van der Waals surface area contributed by atoms with Crippen molar-refractivity contribution in [2.45, 2.75) is 12.8 Å². The first-order chi connectivity index (χ1) is 11.2. The average molecular weight is 333 g/mol. The fraction of sp³-hybridized carbons (Fsp3) is 0.294. The molecule has 0 spiro atoms. The predicted molar refractivity (Wildman–Crippen MR) is 87.0 cm³/mol. The average Bonchev–Trinajstić information content (AvgIpc) is 3.38. The van der Waals surface area contributed by atoms with Crippen molar-refractivity contribution in [2.24, 2.45) is 5.92 Å². The molecule has 1 N–H and O–H groups in total. The lowest BCUT2D eigenvalue weighted by Crippen LogP contribution is -2.29. The summed E-state index contributed by atoms with van der Waals surface area (Å²) >= 11 is 5.81. The number of halogens is 1. The molecule has 0 bridgehead atoms. The molecule has 1 amide bonds. The normalized spacial score (nSPS) is 13.4. The van der Waals surface area contributed by atoms with Gasteiger partial charge in [0.05, 0.1) is 6.54 Å². The molecule has 6 heteroatoms. The van der Waals surface area contributed by atoms with E-state index in [1.54, 1.807) is 30.3 Å². The number of amides is 1. The van der Waals surface area contributed by atoms with Crippen molar-refractivity contribution in [2.75, 3.05) is 13.2 Å². The van der Waals surface area contributed by atoms with Gasteiger partial charge in [-0.2, -0.15) is 0 Å². The van der Waals surface area contributed by atoms with Crippen molar-refractivity contribution in [1.82, 2.24) is 10.3 Å². The minimum atomic E-state index is 0.131. The number of benzene rings is 1. The SMILES string of the molecule is O=C(NCCOc1ccc(Oc2cccc(Cl)n2)cc1)C1CC1. The van der Waals surface area contributed by atoms with E-state index in [1.807, 2.05) is 12.1 Å². The second-order valence-electron chi connectivity index (χ2n) is 5.29. The van der Waals surface area contributed by atoms with Gasteiger partial charge in [-0.15, -0.1) is 0 Å². The van der Waals surface area contributed by atoms with Crippen LogP contribution in [0.15, 0.2) is 42.5 Å². The summed E-state index contributed by atoms with van der Waals surface area (Å²) in [5, 5.41) is 3.24. The number of hydrogen-bond donors (Lipinski definition) is 1. The number of pyridine rings is 1. The molecule has 1 heterocycles. The molecular weight excluding hydrogens is 316 g/mol. The zero-order valence-electron chi connectivity index (χ0n) is 12.5. The summed E-state index contributed by atoms with van der Waals surface area (Å²) in [5.41, 5.74) is 0. The monoisotopic (exact) mass is 332 g/mol. The van der Waals surface area contributed by atoms with Gasteiger partial charge in [0.1, 0.15) is 23.3 Å². The summed E-state index contributed by atoms with van der Waals surface area (Å²) in [7, 11) is 0. The van der Waals surface area contributed by atoms with Crippen LogP contribution in [0.2, 0.25) is 5.15 Å². The standard InChI is InChI=1S/C17H17ClN2O3/c18-15-2-1-3-16(20-15)23-14-8-6-13(7-9-14)22-11-10-19-17(21)12-4-5-12/h1-3,6-9,12H,4-5,10-11H2,(H,19,21). The van der Waals surface area contributed by atoms with E-state index in [0.29, 0.717) is 29.9 Å². The Morgan fingerprint density at radius 1 is 1.17 bits per heavy atom. The molecule has 0 radical (unpaired) electrons. The third-order valence-corrected chi connectivity index (χ3v) is 3.56. The van der Waals surface area contributed by atoms with E-state index < -0.39 is 0 Å². The minimum Gasteiger partial charge on any atom is -0.492 e. The smallest absolute Gasteiger partial charge is 0.223 e. The Balaban J connectivity index is 1.44. The van der Waals surface area contributed by atoms with Crippen LogP contribution >= 0.6 is 11.6 Å². The molecule has 1 aromatic carbocycles. The predicted octanol–water partition coefficient (Wildman–Crippen LogP) is 3.43. The van der Waals surface area contributed by atoms with Crippen LogP contribution in [0.3, 0.4) is 0 Å². The Bertz CT molecular complexity index is 672. The number of rotatable bonds is 7. The number of ether oxygens (including phenoxy) is 2. The number of nitrogens with one attached hydrogen (secondary N) is 1. The summed E-state index contributed by atoms with van der Waals surface area (Å²) in [6.45, 7) is 0.953. The molecule has 1 aliphatic rings. The first-order valence-electron chi connectivity index (χ1n) is 7.52. The lowest BCUT2D eigenvalue weighted by Gasteiger charge is -2.09. The highest BCUT2D eigenvalue weighted by atomic mass is 35.5. The summed E-state index contributed by atoms with van der Waals surface area (Å²) < 4.78 is 11.2. The molecule has 120 valence electrons. The molecule has 0 aliphatic heterocycles. The number of nitrogens with zero attached hydrogens (tertiary/aromatic N) is 1. The summed E-state index contributed by atoms with van der Waals surface area (Å²) in [6.07, 6.45) is 2.02. The maximum atomic E-state index is 11.5. The second kappa shape index (κ2) is 7.33. The minimum absolute atomic E-state index is 0.131. The summed E-state index contributed by atoms with van der Waals surface area (Å²) in [6, 6.07) is 12.4. The fourth-order valence-corrected chi connectivity index (χ4v) is 2.16. The van der Waals surface area contributed by atoms with Gasteiger partial charge in [0.25, 0.3) is 0 Å². The van der Waals surface area contributed by atoms with E-state index in [1.165, 1.54) is 0 Å². The molecule has 1 aliphatic carbocycles. The van der Waals surface area contributed by atoms with Gasteiger partial charge >= 0.3 is 0 Å². The molecule has 1 fully saturated rings. The van der Waals surface area contributed by atoms with E-state index in [4.69, 9.17) is 21.1 Å². The topological polar surface area (TPSA) is 60.5 Å². The molecule has 2 aromatic rings. The number of aromatic nitrogens is 1. The highest BCUT2D eigenvalue weighted by Crippen LogP contribution is 2.28. The van der Waals surface area contributed by atoms with E-state index >= 15 is 0 Å². The Labute approximate surface area is 139 Å². The van der Waals surface area contributed by atoms with Crippen LogP contribution in [-0.2, 0) is 4.79 Å². The third-order valence-electron chi connectivity index (χ3n) is 3.35. The van der Waals surface area contributed by atoms with Gasteiger partial charge in [0, 0.05) is 12.0 Å². The Hall–Kier alpha value is -2.27. The largest absolute Gasteiger partial charge is 0.492 e. The molecule has 0 atom stereocenters.